The van der Waals surface area contributed by atoms with Crippen LogP contribution in [-0.2, 0) is 0 Å². The maximum absolute atomic E-state index is 5.79. The molecule has 0 spiro atoms. The fourth-order valence-electron chi connectivity index (χ4n) is 2.52. The molecule has 2 atom stereocenters. The summed E-state index contributed by atoms with van der Waals surface area (Å²) in [5.74, 6) is 7.06. The zero-order chi connectivity index (χ0) is 12.3. The van der Waals surface area contributed by atoms with Crippen molar-refractivity contribution >= 4 is 11.8 Å². The molecule has 0 saturated carbocycles. The number of aryl methyl sites for hydroxylation is 2. The molecule has 94 valence electrons. The van der Waals surface area contributed by atoms with Gasteiger partial charge in [0.15, 0.2) is 0 Å². The van der Waals surface area contributed by atoms with Gasteiger partial charge in [-0.05, 0) is 43.6 Å². The van der Waals surface area contributed by atoms with Crippen molar-refractivity contribution in [2.24, 2.45) is 5.84 Å². The van der Waals surface area contributed by atoms with Gasteiger partial charge in [0.1, 0.15) is 0 Å². The highest BCUT2D eigenvalue weighted by Gasteiger charge is 2.25. The Hall–Kier alpha value is -0.510. The number of hydrogen-bond donors (Lipinski definition) is 2. The number of hydrazine groups is 1. The summed E-state index contributed by atoms with van der Waals surface area (Å²) < 4.78 is 0. The molecule has 1 aliphatic heterocycles. The maximum Gasteiger partial charge on any atom is 0.0581 e. The van der Waals surface area contributed by atoms with Crippen LogP contribution in [0.4, 0.5) is 0 Å². The Morgan fingerprint density at radius 3 is 2.82 bits per heavy atom. The van der Waals surface area contributed by atoms with Crippen LogP contribution in [0.5, 0.6) is 0 Å². The van der Waals surface area contributed by atoms with Crippen molar-refractivity contribution in [1.29, 1.82) is 0 Å². The van der Waals surface area contributed by atoms with Gasteiger partial charge in [-0.25, -0.2) is 0 Å². The lowest BCUT2D eigenvalue weighted by Crippen LogP contribution is -2.36. The van der Waals surface area contributed by atoms with Crippen LogP contribution < -0.4 is 11.3 Å². The van der Waals surface area contributed by atoms with Crippen molar-refractivity contribution in [1.82, 2.24) is 5.43 Å². The molecule has 2 rings (SSSR count). The van der Waals surface area contributed by atoms with Crippen LogP contribution in [0.15, 0.2) is 18.2 Å². The highest BCUT2D eigenvalue weighted by Crippen LogP contribution is 2.35. The lowest BCUT2D eigenvalue weighted by molar-refractivity contribution is 0.490. The minimum atomic E-state index is 0.292. The Morgan fingerprint density at radius 2 is 2.18 bits per heavy atom. The summed E-state index contributed by atoms with van der Waals surface area (Å²) in [6.45, 7) is 4.32. The smallest absolute Gasteiger partial charge is 0.0581 e. The van der Waals surface area contributed by atoms with Gasteiger partial charge in [0, 0.05) is 5.25 Å². The average molecular weight is 250 g/mol. The maximum atomic E-state index is 5.79. The van der Waals surface area contributed by atoms with Crippen LogP contribution in [0.3, 0.4) is 0 Å². The molecule has 1 fully saturated rings. The van der Waals surface area contributed by atoms with E-state index in [1.165, 1.54) is 41.7 Å². The Morgan fingerprint density at radius 1 is 1.35 bits per heavy atom. The quantitative estimate of drug-likeness (QED) is 0.639. The van der Waals surface area contributed by atoms with E-state index in [4.69, 9.17) is 5.84 Å². The number of hydrogen-bond acceptors (Lipinski definition) is 3. The molecule has 1 aliphatic rings. The topological polar surface area (TPSA) is 38.0 Å². The number of nitrogens with one attached hydrogen (secondary N) is 1. The number of benzene rings is 1. The first-order chi connectivity index (χ1) is 8.22. The summed E-state index contributed by atoms with van der Waals surface area (Å²) in [5, 5.41) is 0.620. The number of rotatable bonds is 3. The Kier molecular flexibility index (Phi) is 4.48. The molecule has 2 nitrogen and oxygen atoms in total. The summed E-state index contributed by atoms with van der Waals surface area (Å²) in [4.78, 5) is 0. The van der Waals surface area contributed by atoms with Crippen LogP contribution in [0, 0.1) is 13.8 Å². The SMILES string of the molecule is Cc1ccc(C)c(C(NN)C2CCCCS2)c1. The number of thioether (sulfide) groups is 1. The molecule has 17 heavy (non-hydrogen) atoms. The molecule has 1 heterocycles. The third-order valence-corrected chi connectivity index (χ3v) is 5.00. The van der Waals surface area contributed by atoms with Gasteiger partial charge >= 0.3 is 0 Å². The van der Waals surface area contributed by atoms with Crippen molar-refractivity contribution in [3.63, 3.8) is 0 Å². The first kappa shape index (κ1) is 12.9. The first-order valence-corrected chi connectivity index (χ1v) is 7.42. The van der Waals surface area contributed by atoms with Gasteiger partial charge in [0.05, 0.1) is 6.04 Å². The second kappa shape index (κ2) is 5.89. The molecule has 2 unspecified atom stereocenters. The average Bonchev–Trinajstić information content (AvgIpc) is 2.36. The van der Waals surface area contributed by atoms with E-state index in [1.54, 1.807) is 0 Å². The minimum Gasteiger partial charge on any atom is -0.271 e. The van der Waals surface area contributed by atoms with Crippen LogP contribution in [-0.4, -0.2) is 11.0 Å². The van der Waals surface area contributed by atoms with Gasteiger partial charge in [-0.1, -0.05) is 30.2 Å². The predicted molar refractivity (Wildman–Crippen MR) is 76.1 cm³/mol. The van der Waals surface area contributed by atoms with E-state index < -0.39 is 0 Å². The summed E-state index contributed by atoms with van der Waals surface area (Å²) >= 11 is 2.06. The Balaban J connectivity index is 2.24. The standard InChI is InChI=1S/C14H22N2S/c1-10-6-7-11(2)12(9-10)14(16-15)13-5-3-4-8-17-13/h6-7,9,13-14,16H,3-5,8,15H2,1-2H3. The second-order valence-corrected chi connectivity index (χ2v) is 6.26. The Bertz CT molecular complexity index is 372. The first-order valence-electron chi connectivity index (χ1n) is 6.37. The summed E-state index contributed by atoms with van der Waals surface area (Å²) in [7, 11) is 0. The molecule has 0 bridgehead atoms. The molecular formula is C14H22N2S. The molecule has 3 heteroatoms. The molecule has 0 amide bonds. The van der Waals surface area contributed by atoms with Crippen LogP contribution in [0.25, 0.3) is 0 Å². The zero-order valence-corrected chi connectivity index (χ0v) is 11.5. The van der Waals surface area contributed by atoms with Crippen LogP contribution >= 0.6 is 11.8 Å². The zero-order valence-electron chi connectivity index (χ0n) is 10.7. The highest BCUT2D eigenvalue weighted by atomic mass is 32.2. The van der Waals surface area contributed by atoms with Gasteiger partial charge in [0.2, 0.25) is 0 Å². The van der Waals surface area contributed by atoms with Crippen molar-refractivity contribution < 1.29 is 0 Å². The van der Waals surface area contributed by atoms with E-state index in [1.807, 2.05) is 0 Å². The Labute approximate surface area is 108 Å². The molecule has 0 aromatic heterocycles. The molecule has 1 aromatic carbocycles. The molecule has 1 aromatic rings. The van der Waals surface area contributed by atoms with Gasteiger partial charge < -0.3 is 0 Å². The largest absolute Gasteiger partial charge is 0.271 e. The van der Waals surface area contributed by atoms with E-state index in [2.05, 4.69) is 49.2 Å². The summed E-state index contributed by atoms with van der Waals surface area (Å²) in [6.07, 6.45) is 3.96. The summed E-state index contributed by atoms with van der Waals surface area (Å²) in [6, 6.07) is 6.93. The normalized spacial score (nSPS) is 22.4. The minimum absolute atomic E-state index is 0.292. The third-order valence-electron chi connectivity index (χ3n) is 3.54. The molecule has 0 aliphatic carbocycles. The summed E-state index contributed by atoms with van der Waals surface area (Å²) in [5.41, 5.74) is 7.05. The van der Waals surface area contributed by atoms with E-state index in [9.17, 15) is 0 Å². The van der Waals surface area contributed by atoms with Gasteiger partial charge in [0.25, 0.3) is 0 Å². The predicted octanol–water partition coefficient (Wildman–Crippen LogP) is 3.09. The van der Waals surface area contributed by atoms with E-state index in [0.717, 1.165) is 0 Å². The third kappa shape index (κ3) is 3.03. The van der Waals surface area contributed by atoms with Crippen molar-refractivity contribution in [2.75, 3.05) is 5.75 Å². The molecule has 3 N–H and O–H groups in total. The van der Waals surface area contributed by atoms with Crippen molar-refractivity contribution in [3.05, 3.63) is 34.9 Å². The van der Waals surface area contributed by atoms with Gasteiger partial charge in [-0.2, -0.15) is 11.8 Å². The fraction of sp³-hybridized carbons (Fsp3) is 0.571. The lowest BCUT2D eigenvalue weighted by Gasteiger charge is -2.30. The number of nitrogens with two attached hydrogens (primary N) is 1. The second-order valence-electron chi connectivity index (χ2n) is 4.91. The van der Waals surface area contributed by atoms with Crippen molar-refractivity contribution in [2.45, 2.75) is 44.4 Å². The van der Waals surface area contributed by atoms with E-state index >= 15 is 0 Å². The monoisotopic (exact) mass is 250 g/mol. The van der Waals surface area contributed by atoms with E-state index in [-0.39, 0.29) is 0 Å². The van der Waals surface area contributed by atoms with Crippen molar-refractivity contribution in [3.8, 4) is 0 Å². The molecule has 0 radical (unpaired) electrons. The van der Waals surface area contributed by atoms with Crippen LogP contribution in [0.2, 0.25) is 0 Å². The highest BCUT2D eigenvalue weighted by molar-refractivity contribution is 8.00. The molecule has 1 saturated heterocycles. The molecular weight excluding hydrogens is 228 g/mol. The lowest BCUT2D eigenvalue weighted by atomic mass is 9.95. The van der Waals surface area contributed by atoms with Gasteiger partial charge in [-0.3, -0.25) is 11.3 Å². The van der Waals surface area contributed by atoms with Gasteiger partial charge in [-0.15, -0.1) is 0 Å². The van der Waals surface area contributed by atoms with Crippen LogP contribution in [0.1, 0.15) is 42.0 Å². The van der Waals surface area contributed by atoms with E-state index in [0.29, 0.717) is 11.3 Å². The fourth-order valence-corrected chi connectivity index (χ4v) is 3.95.